The standard InChI is InChI=1S/C17H16N2/c1-12-17-10-13-6-3-5-9-16(13)19(17)11-14-7-2-4-8-15(14)18-12/h2-10,12,18H,11H2,1H3. The van der Waals surface area contributed by atoms with Crippen molar-refractivity contribution in [2.45, 2.75) is 19.5 Å². The van der Waals surface area contributed by atoms with Gasteiger partial charge in [-0.25, -0.2) is 0 Å². The van der Waals surface area contributed by atoms with E-state index in [4.69, 9.17) is 0 Å². The van der Waals surface area contributed by atoms with E-state index in [0.717, 1.165) is 6.54 Å². The van der Waals surface area contributed by atoms with E-state index < -0.39 is 0 Å². The molecule has 0 saturated heterocycles. The second kappa shape index (κ2) is 3.89. The van der Waals surface area contributed by atoms with Crippen LogP contribution in [0.4, 0.5) is 5.69 Å². The maximum atomic E-state index is 3.62. The first-order chi connectivity index (χ1) is 9.33. The van der Waals surface area contributed by atoms with Crippen LogP contribution in [0.5, 0.6) is 0 Å². The molecule has 1 aliphatic rings. The summed E-state index contributed by atoms with van der Waals surface area (Å²) in [7, 11) is 0. The molecule has 19 heavy (non-hydrogen) atoms. The van der Waals surface area contributed by atoms with Crippen molar-refractivity contribution in [1.82, 2.24) is 4.57 Å². The maximum absolute atomic E-state index is 3.62. The number of aromatic nitrogens is 1. The first kappa shape index (κ1) is 10.7. The van der Waals surface area contributed by atoms with Crippen molar-refractivity contribution in [3.63, 3.8) is 0 Å². The normalized spacial score (nSPS) is 17.4. The van der Waals surface area contributed by atoms with Crippen molar-refractivity contribution in [3.05, 3.63) is 65.9 Å². The summed E-state index contributed by atoms with van der Waals surface area (Å²) < 4.78 is 2.43. The molecule has 2 heterocycles. The molecule has 2 nitrogen and oxygen atoms in total. The summed E-state index contributed by atoms with van der Waals surface area (Å²) in [5, 5.41) is 4.94. The van der Waals surface area contributed by atoms with Gasteiger partial charge in [-0.3, -0.25) is 0 Å². The molecule has 0 radical (unpaired) electrons. The smallest absolute Gasteiger partial charge is 0.0637 e. The van der Waals surface area contributed by atoms with Crippen LogP contribution in [-0.2, 0) is 6.54 Å². The van der Waals surface area contributed by atoms with Crippen LogP contribution in [0.15, 0.2) is 54.6 Å². The van der Waals surface area contributed by atoms with Gasteiger partial charge in [0.05, 0.1) is 6.04 Å². The van der Waals surface area contributed by atoms with Crippen molar-refractivity contribution in [1.29, 1.82) is 0 Å². The predicted octanol–water partition coefficient (Wildman–Crippen LogP) is 4.18. The third kappa shape index (κ3) is 1.56. The second-order valence-corrected chi connectivity index (χ2v) is 5.24. The fourth-order valence-corrected chi connectivity index (χ4v) is 3.04. The highest BCUT2D eigenvalue weighted by atomic mass is 15.1. The number of anilines is 1. The zero-order valence-electron chi connectivity index (χ0n) is 10.9. The van der Waals surface area contributed by atoms with Gasteiger partial charge < -0.3 is 9.88 Å². The van der Waals surface area contributed by atoms with E-state index in [9.17, 15) is 0 Å². The predicted molar refractivity (Wildman–Crippen MR) is 79.5 cm³/mol. The van der Waals surface area contributed by atoms with Crippen molar-refractivity contribution in [2.75, 3.05) is 5.32 Å². The molecule has 3 aromatic rings. The molecule has 2 aromatic carbocycles. The molecule has 0 aliphatic carbocycles. The Hall–Kier alpha value is -2.22. The number of hydrogen-bond donors (Lipinski definition) is 1. The lowest BCUT2D eigenvalue weighted by Gasteiger charge is -2.13. The number of benzene rings is 2. The van der Waals surface area contributed by atoms with Crippen LogP contribution in [-0.4, -0.2) is 4.57 Å². The van der Waals surface area contributed by atoms with Gasteiger partial charge in [0.25, 0.3) is 0 Å². The Morgan fingerprint density at radius 3 is 2.79 bits per heavy atom. The molecule has 0 amide bonds. The van der Waals surface area contributed by atoms with Gasteiger partial charge in [0, 0.05) is 23.4 Å². The highest BCUT2D eigenvalue weighted by Gasteiger charge is 2.19. The fraction of sp³-hybridized carbons (Fsp3) is 0.176. The Bertz CT molecular complexity index is 755. The summed E-state index contributed by atoms with van der Waals surface area (Å²) in [6.07, 6.45) is 0. The van der Waals surface area contributed by atoms with E-state index in [1.165, 1.54) is 27.8 Å². The van der Waals surface area contributed by atoms with Gasteiger partial charge in [0.1, 0.15) is 0 Å². The lowest BCUT2D eigenvalue weighted by atomic mass is 10.1. The molecule has 0 spiro atoms. The first-order valence-electron chi connectivity index (χ1n) is 6.75. The van der Waals surface area contributed by atoms with Gasteiger partial charge in [0.2, 0.25) is 0 Å². The minimum absolute atomic E-state index is 0.330. The molecule has 1 N–H and O–H groups in total. The minimum atomic E-state index is 0.330. The third-order valence-corrected chi connectivity index (χ3v) is 4.00. The second-order valence-electron chi connectivity index (χ2n) is 5.24. The van der Waals surface area contributed by atoms with Gasteiger partial charge in [-0.1, -0.05) is 36.4 Å². The van der Waals surface area contributed by atoms with Crippen LogP contribution in [0.25, 0.3) is 10.9 Å². The van der Waals surface area contributed by atoms with Crippen molar-refractivity contribution < 1.29 is 0 Å². The molecule has 1 atom stereocenters. The van der Waals surface area contributed by atoms with Gasteiger partial charge in [0.15, 0.2) is 0 Å². The molecular formula is C17H16N2. The zero-order valence-corrected chi connectivity index (χ0v) is 10.9. The Morgan fingerprint density at radius 2 is 1.84 bits per heavy atom. The quantitative estimate of drug-likeness (QED) is 0.631. The number of para-hydroxylation sites is 2. The van der Waals surface area contributed by atoms with Crippen LogP contribution < -0.4 is 5.32 Å². The minimum Gasteiger partial charge on any atom is -0.377 e. The molecule has 1 unspecified atom stereocenters. The average molecular weight is 248 g/mol. The van der Waals surface area contributed by atoms with Crippen LogP contribution in [0.2, 0.25) is 0 Å². The molecule has 0 bridgehead atoms. The summed E-state index contributed by atoms with van der Waals surface area (Å²) in [4.78, 5) is 0. The monoisotopic (exact) mass is 248 g/mol. The SMILES string of the molecule is CC1Nc2ccccc2Cn2c1cc1ccccc12. The summed E-state index contributed by atoms with van der Waals surface area (Å²) in [6.45, 7) is 3.17. The van der Waals surface area contributed by atoms with Crippen molar-refractivity contribution >= 4 is 16.6 Å². The number of hydrogen-bond acceptors (Lipinski definition) is 1. The lowest BCUT2D eigenvalue weighted by molar-refractivity contribution is 0.743. The summed E-state index contributed by atoms with van der Waals surface area (Å²) in [5.74, 6) is 0. The van der Waals surface area contributed by atoms with Gasteiger partial charge >= 0.3 is 0 Å². The van der Waals surface area contributed by atoms with Crippen molar-refractivity contribution in [2.24, 2.45) is 0 Å². The summed E-state index contributed by atoms with van der Waals surface area (Å²) in [6, 6.07) is 19.8. The van der Waals surface area contributed by atoms with E-state index in [2.05, 4.69) is 71.4 Å². The largest absolute Gasteiger partial charge is 0.377 e. The first-order valence-corrected chi connectivity index (χ1v) is 6.75. The Labute approximate surface area is 112 Å². The third-order valence-electron chi connectivity index (χ3n) is 4.00. The molecule has 2 heteroatoms. The van der Waals surface area contributed by atoms with E-state index >= 15 is 0 Å². The molecule has 4 rings (SSSR count). The molecule has 1 aromatic heterocycles. The van der Waals surface area contributed by atoms with Crippen LogP contribution >= 0.6 is 0 Å². The van der Waals surface area contributed by atoms with Gasteiger partial charge in [-0.05, 0) is 36.1 Å². The number of nitrogens with one attached hydrogen (secondary N) is 1. The van der Waals surface area contributed by atoms with Crippen LogP contribution in [0, 0.1) is 0 Å². The molecule has 0 fully saturated rings. The fourth-order valence-electron chi connectivity index (χ4n) is 3.04. The Morgan fingerprint density at radius 1 is 1.05 bits per heavy atom. The Kier molecular flexibility index (Phi) is 2.18. The number of nitrogens with zero attached hydrogens (tertiary/aromatic N) is 1. The van der Waals surface area contributed by atoms with E-state index in [0.29, 0.717) is 6.04 Å². The maximum Gasteiger partial charge on any atom is 0.0637 e. The van der Waals surface area contributed by atoms with E-state index in [-0.39, 0.29) is 0 Å². The number of rotatable bonds is 0. The van der Waals surface area contributed by atoms with Crippen LogP contribution in [0.1, 0.15) is 24.2 Å². The highest BCUT2D eigenvalue weighted by molar-refractivity contribution is 5.82. The molecule has 1 aliphatic heterocycles. The molecule has 0 saturated carbocycles. The van der Waals surface area contributed by atoms with E-state index in [1.54, 1.807) is 0 Å². The zero-order chi connectivity index (χ0) is 12.8. The van der Waals surface area contributed by atoms with Gasteiger partial charge in [-0.15, -0.1) is 0 Å². The Balaban J connectivity index is 1.99. The van der Waals surface area contributed by atoms with Gasteiger partial charge in [-0.2, -0.15) is 0 Å². The van der Waals surface area contributed by atoms with E-state index in [1.807, 2.05) is 0 Å². The lowest BCUT2D eigenvalue weighted by Crippen LogP contribution is -2.08. The average Bonchev–Trinajstić information content (AvgIpc) is 2.73. The molecule has 94 valence electrons. The molecular weight excluding hydrogens is 232 g/mol. The van der Waals surface area contributed by atoms with Crippen LogP contribution in [0.3, 0.4) is 0 Å². The topological polar surface area (TPSA) is 17.0 Å². The number of fused-ring (bicyclic) bond motifs is 4. The highest BCUT2D eigenvalue weighted by Crippen LogP contribution is 2.32. The summed E-state index contributed by atoms with van der Waals surface area (Å²) >= 11 is 0. The van der Waals surface area contributed by atoms with Crippen molar-refractivity contribution in [3.8, 4) is 0 Å². The summed E-state index contributed by atoms with van der Waals surface area (Å²) in [5.41, 5.74) is 5.29.